The topological polar surface area (TPSA) is 60.3 Å². The van der Waals surface area contributed by atoms with E-state index in [1.54, 1.807) is 34.9 Å². The number of pyridine rings is 1. The van der Waals surface area contributed by atoms with E-state index in [0.717, 1.165) is 11.1 Å². The number of carbonyl (C=O) groups is 1. The Hall–Kier alpha value is -3.57. The van der Waals surface area contributed by atoms with E-state index in [4.69, 9.17) is 16.3 Å². The van der Waals surface area contributed by atoms with Gasteiger partial charge in [-0.15, -0.1) is 0 Å². The van der Waals surface area contributed by atoms with Crippen molar-refractivity contribution in [2.75, 3.05) is 6.61 Å². The molecule has 164 valence electrons. The van der Waals surface area contributed by atoms with Crippen LogP contribution in [-0.4, -0.2) is 17.1 Å². The van der Waals surface area contributed by atoms with Crippen LogP contribution in [0.2, 0.25) is 5.02 Å². The molecular formula is C26H25ClN2O3. The van der Waals surface area contributed by atoms with Crippen molar-refractivity contribution in [3.8, 4) is 5.75 Å². The molecule has 0 saturated heterocycles. The normalized spacial score (nSPS) is 11.3. The Bertz CT molecular complexity index is 1230. The number of nitrogens with zero attached hydrogens (tertiary/aromatic N) is 1. The summed E-state index contributed by atoms with van der Waals surface area (Å²) >= 11 is 6.18. The fourth-order valence-electron chi connectivity index (χ4n) is 3.17. The van der Waals surface area contributed by atoms with Gasteiger partial charge in [0.2, 0.25) is 0 Å². The average molecular weight is 449 g/mol. The van der Waals surface area contributed by atoms with Crippen molar-refractivity contribution in [3.63, 3.8) is 0 Å². The van der Waals surface area contributed by atoms with Crippen LogP contribution >= 0.6 is 11.6 Å². The van der Waals surface area contributed by atoms with Gasteiger partial charge in [0.1, 0.15) is 12.4 Å². The minimum Gasteiger partial charge on any atom is -0.492 e. The summed E-state index contributed by atoms with van der Waals surface area (Å²) < 4.78 is 7.40. The van der Waals surface area contributed by atoms with Gasteiger partial charge in [-0.25, -0.2) is 0 Å². The largest absolute Gasteiger partial charge is 0.492 e. The lowest BCUT2D eigenvalue weighted by Gasteiger charge is -2.14. The van der Waals surface area contributed by atoms with E-state index >= 15 is 0 Å². The third kappa shape index (κ3) is 5.99. The van der Waals surface area contributed by atoms with E-state index < -0.39 is 0 Å². The first kappa shape index (κ1) is 23.1. The van der Waals surface area contributed by atoms with E-state index in [9.17, 15) is 9.59 Å². The van der Waals surface area contributed by atoms with Crippen molar-refractivity contribution in [2.45, 2.75) is 20.0 Å². The van der Waals surface area contributed by atoms with Crippen LogP contribution < -0.4 is 15.6 Å². The molecular weight excluding hydrogens is 424 g/mol. The zero-order valence-corrected chi connectivity index (χ0v) is 18.6. The van der Waals surface area contributed by atoms with Gasteiger partial charge < -0.3 is 14.6 Å². The van der Waals surface area contributed by atoms with Gasteiger partial charge in [0, 0.05) is 22.7 Å². The number of hydrogen-bond donors (Lipinski definition) is 1. The van der Waals surface area contributed by atoms with Crippen molar-refractivity contribution < 1.29 is 9.53 Å². The van der Waals surface area contributed by atoms with Crippen LogP contribution in [0, 0.1) is 0 Å². The molecule has 0 atom stereocenters. The standard InChI is InChI=1S/C26H25ClN2O3/c1-3-4-6-9-19(2)25(30)28-18-21-16-20-12-13-22(27)17-24(20)29(26(21)31)14-15-32-23-10-7-5-8-11-23/h3-13,16-17H,2,14-15,18H2,1H3,(H,28,30)/b4-3-,9-6-. The molecule has 0 aliphatic rings. The van der Waals surface area contributed by atoms with Crippen LogP contribution in [0.15, 0.2) is 95.8 Å². The zero-order valence-electron chi connectivity index (χ0n) is 17.9. The highest BCUT2D eigenvalue weighted by Gasteiger charge is 2.12. The summed E-state index contributed by atoms with van der Waals surface area (Å²) in [6.45, 7) is 6.39. The predicted octanol–water partition coefficient (Wildman–Crippen LogP) is 5.04. The molecule has 6 heteroatoms. The number of rotatable bonds is 9. The fraction of sp³-hybridized carbons (Fsp3) is 0.154. The molecule has 0 spiro atoms. The second kappa shape index (κ2) is 11.2. The summed E-state index contributed by atoms with van der Waals surface area (Å²) in [5, 5.41) is 4.16. The Labute approximate surface area is 192 Å². The zero-order chi connectivity index (χ0) is 22.9. The smallest absolute Gasteiger partial charge is 0.256 e. The maximum atomic E-state index is 13.2. The molecule has 3 aromatic rings. The molecule has 0 fully saturated rings. The van der Waals surface area contributed by atoms with E-state index in [1.165, 1.54) is 0 Å². The summed E-state index contributed by atoms with van der Waals surface area (Å²) in [7, 11) is 0. The molecule has 1 heterocycles. The van der Waals surface area contributed by atoms with Crippen molar-refractivity contribution >= 4 is 28.4 Å². The molecule has 2 aromatic carbocycles. The first-order valence-electron chi connectivity index (χ1n) is 10.3. The van der Waals surface area contributed by atoms with Crippen LogP contribution in [0.3, 0.4) is 0 Å². The summed E-state index contributed by atoms with van der Waals surface area (Å²) in [6, 6.07) is 16.6. The first-order valence-corrected chi connectivity index (χ1v) is 10.6. The van der Waals surface area contributed by atoms with Gasteiger partial charge in [-0.05, 0) is 42.6 Å². The molecule has 5 nitrogen and oxygen atoms in total. The summed E-state index contributed by atoms with van der Waals surface area (Å²) in [5.74, 6) is 0.399. The SMILES string of the molecule is C=C(/C=C\C=C/C)C(=O)NCc1cc2ccc(Cl)cc2n(CCOc2ccccc2)c1=O. The molecule has 32 heavy (non-hydrogen) atoms. The Kier molecular flexibility index (Phi) is 8.06. The number of aromatic nitrogens is 1. The highest BCUT2D eigenvalue weighted by atomic mass is 35.5. The molecule has 3 rings (SSSR count). The number of fused-ring (bicyclic) bond motifs is 1. The summed E-state index contributed by atoms with van der Waals surface area (Å²) in [5.41, 5.74) is 1.30. The molecule has 1 amide bonds. The molecule has 1 aromatic heterocycles. The van der Waals surface area contributed by atoms with E-state index in [2.05, 4.69) is 11.9 Å². The van der Waals surface area contributed by atoms with Crippen molar-refractivity contribution in [1.82, 2.24) is 9.88 Å². The van der Waals surface area contributed by atoms with E-state index in [1.807, 2.05) is 55.5 Å². The minimum atomic E-state index is -0.333. The van der Waals surface area contributed by atoms with E-state index in [-0.39, 0.29) is 18.0 Å². The third-order valence-corrected chi connectivity index (χ3v) is 5.03. The number of nitrogens with one attached hydrogen (secondary N) is 1. The first-order chi connectivity index (χ1) is 15.5. The predicted molar refractivity (Wildman–Crippen MR) is 130 cm³/mol. The number of para-hydroxylation sites is 1. The van der Waals surface area contributed by atoms with Gasteiger partial charge in [-0.3, -0.25) is 9.59 Å². The third-order valence-electron chi connectivity index (χ3n) is 4.79. The lowest BCUT2D eigenvalue weighted by Crippen LogP contribution is -2.31. The molecule has 0 unspecified atom stereocenters. The molecule has 0 aliphatic carbocycles. The molecule has 0 aliphatic heterocycles. The molecule has 1 N–H and O–H groups in total. The van der Waals surface area contributed by atoms with Crippen molar-refractivity contribution in [3.05, 3.63) is 112 Å². The Morgan fingerprint density at radius 2 is 1.94 bits per heavy atom. The van der Waals surface area contributed by atoms with Crippen LogP contribution in [0.1, 0.15) is 12.5 Å². The second-order valence-electron chi connectivity index (χ2n) is 7.08. The van der Waals surface area contributed by atoms with Gasteiger partial charge >= 0.3 is 0 Å². The van der Waals surface area contributed by atoms with Crippen LogP contribution in [0.25, 0.3) is 10.9 Å². The van der Waals surface area contributed by atoms with Crippen molar-refractivity contribution in [2.24, 2.45) is 0 Å². The quantitative estimate of drug-likeness (QED) is 0.368. The highest BCUT2D eigenvalue weighted by molar-refractivity contribution is 6.31. The Balaban J connectivity index is 1.81. The van der Waals surface area contributed by atoms with E-state index in [0.29, 0.717) is 34.8 Å². The van der Waals surface area contributed by atoms with Crippen LogP contribution in [-0.2, 0) is 17.9 Å². The number of ether oxygens (including phenoxy) is 1. The number of halogens is 1. The van der Waals surface area contributed by atoms with Gasteiger partial charge in [0.25, 0.3) is 11.5 Å². The van der Waals surface area contributed by atoms with Gasteiger partial charge in [-0.1, -0.05) is 66.7 Å². The minimum absolute atomic E-state index is 0.0895. The lowest BCUT2D eigenvalue weighted by molar-refractivity contribution is -0.117. The molecule has 0 bridgehead atoms. The van der Waals surface area contributed by atoms with Crippen molar-refractivity contribution in [1.29, 1.82) is 0 Å². The van der Waals surface area contributed by atoms with Gasteiger partial charge in [0.15, 0.2) is 0 Å². The molecule has 0 radical (unpaired) electrons. The fourth-order valence-corrected chi connectivity index (χ4v) is 3.34. The monoisotopic (exact) mass is 448 g/mol. The Morgan fingerprint density at radius 1 is 1.16 bits per heavy atom. The number of carbonyl (C=O) groups excluding carboxylic acids is 1. The second-order valence-corrected chi connectivity index (χ2v) is 7.52. The van der Waals surface area contributed by atoms with Crippen LogP contribution in [0.5, 0.6) is 5.75 Å². The van der Waals surface area contributed by atoms with Gasteiger partial charge in [-0.2, -0.15) is 0 Å². The lowest BCUT2D eigenvalue weighted by atomic mass is 10.1. The molecule has 0 saturated carbocycles. The van der Waals surface area contributed by atoms with Gasteiger partial charge in [0.05, 0.1) is 12.1 Å². The summed E-state index contributed by atoms with van der Waals surface area (Å²) in [6.07, 6.45) is 7.02. The average Bonchev–Trinajstić information content (AvgIpc) is 2.80. The maximum Gasteiger partial charge on any atom is 0.256 e. The number of allylic oxidation sites excluding steroid dienone is 3. The summed E-state index contributed by atoms with van der Waals surface area (Å²) in [4.78, 5) is 25.5. The number of hydrogen-bond acceptors (Lipinski definition) is 3. The highest BCUT2D eigenvalue weighted by Crippen LogP contribution is 2.19. The van der Waals surface area contributed by atoms with Crippen LogP contribution in [0.4, 0.5) is 0 Å². The maximum absolute atomic E-state index is 13.2. The Morgan fingerprint density at radius 3 is 2.69 bits per heavy atom. The number of amides is 1. The number of benzene rings is 2.